The molecule has 2 N–H and O–H groups in total. The Morgan fingerprint density at radius 3 is 2.71 bits per heavy atom. The first kappa shape index (κ1) is 11.7. The molecule has 88 valence electrons. The van der Waals surface area contributed by atoms with E-state index in [1.165, 1.54) is 10.8 Å². The first-order valence-electron chi connectivity index (χ1n) is 5.79. The van der Waals surface area contributed by atoms with Crippen LogP contribution in [0, 0.1) is 0 Å². The van der Waals surface area contributed by atoms with Gasteiger partial charge in [0, 0.05) is 12.5 Å². The van der Waals surface area contributed by atoms with Gasteiger partial charge in [-0.2, -0.15) is 0 Å². The third kappa shape index (κ3) is 3.08. The molecule has 2 rings (SSSR count). The predicted molar refractivity (Wildman–Crippen MR) is 72.2 cm³/mol. The fourth-order valence-electron chi connectivity index (χ4n) is 1.69. The Morgan fingerprint density at radius 2 is 1.94 bits per heavy atom. The SMILES string of the molecule is C=CC(N)CCOc1ccc2ccccc2c1. The van der Waals surface area contributed by atoms with Crippen molar-refractivity contribution in [1.82, 2.24) is 0 Å². The summed E-state index contributed by atoms with van der Waals surface area (Å²) in [6.45, 7) is 4.26. The Balaban J connectivity index is 2.02. The molecule has 2 aromatic carbocycles. The molecule has 2 aromatic rings. The van der Waals surface area contributed by atoms with Crippen LogP contribution in [-0.2, 0) is 0 Å². The largest absolute Gasteiger partial charge is 0.494 e. The molecule has 0 bridgehead atoms. The van der Waals surface area contributed by atoms with Crippen molar-refractivity contribution < 1.29 is 4.74 Å². The summed E-state index contributed by atoms with van der Waals surface area (Å²) in [5.74, 6) is 0.889. The number of ether oxygens (including phenoxy) is 1. The van der Waals surface area contributed by atoms with Gasteiger partial charge in [0.15, 0.2) is 0 Å². The van der Waals surface area contributed by atoms with Crippen LogP contribution in [0.15, 0.2) is 55.1 Å². The van der Waals surface area contributed by atoms with Gasteiger partial charge in [-0.15, -0.1) is 6.58 Å². The molecule has 0 aliphatic heterocycles. The van der Waals surface area contributed by atoms with E-state index >= 15 is 0 Å². The van der Waals surface area contributed by atoms with Gasteiger partial charge in [-0.3, -0.25) is 0 Å². The maximum absolute atomic E-state index is 5.73. The fourth-order valence-corrected chi connectivity index (χ4v) is 1.69. The number of hydrogen-bond donors (Lipinski definition) is 1. The van der Waals surface area contributed by atoms with Gasteiger partial charge >= 0.3 is 0 Å². The third-order valence-electron chi connectivity index (χ3n) is 2.74. The van der Waals surface area contributed by atoms with Crippen molar-refractivity contribution in [2.75, 3.05) is 6.61 Å². The van der Waals surface area contributed by atoms with Crippen molar-refractivity contribution in [2.45, 2.75) is 12.5 Å². The van der Waals surface area contributed by atoms with E-state index in [0.29, 0.717) is 6.61 Å². The van der Waals surface area contributed by atoms with Gasteiger partial charge in [-0.05, 0) is 22.9 Å². The van der Waals surface area contributed by atoms with Gasteiger partial charge in [0.2, 0.25) is 0 Å². The summed E-state index contributed by atoms with van der Waals surface area (Å²) in [4.78, 5) is 0. The molecule has 2 nitrogen and oxygen atoms in total. The van der Waals surface area contributed by atoms with Crippen LogP contribution in [0.5, 0.6) is 5.75 Å². The average molecular weight is 227 g/mol. The summed E-state index contributed by atoms with van der Waals surface area (Å²) in [5, 5.41) is 2.42. The van der Waals surface area contributed by atoms with Crippen molar-refractivity contribution in [1.29, 1.82) is 0 Å². The number of hydrogen-bond acceptors (Lipinski definition) is 2. The molecule has 0 aliphatic rings. The molecule has 0 amide bonds. The lowest BCUT2D eigenvalue weighted by Crippen LogP contribution is -2.19. The molecule has 1 unspecified atom stereocenters. The molecule has 1 atom stereocenters. The summed E-state index contributed by atoms with van der Waals surface area (Å²) in [6, 6.07) is 14.3. The third-order valence-corrected chi connectivity index (χ3v) is 2.74. The lowest BCUT2D eigenvalue weighted by molar-refractivity contribution is 0.305. The lowest BCUT2D eigenvalue weighted by Gasteiger charge is -2.09. The van der Waals surface area contributed by atoms with Crippen molar-refractivity contribution in [3.8, 4) is 5.75 Å². The highest BCUT2D eigenvalue weighted by Gasteiger charge is 1.99. The Labute approximate surface area is 102 Å². The zero-order valence-electron chi connectivity index (χ0n) is 9.80. The molecule has 0 saturated heterocycles. The number of nitrogens with two attached hydrogens (primary N) is 1. The molecule has 0 heterocycles. The Bertz CT molecular complexity index is 507. The zero-order valence-corrected chi connectivity index (χ0v) is 9.80. The van der Waals surface area contributed by atoms with Crippen molar-refractivity contribution in [3.05, 3.63) is 55.1 Å². The summed E-state index contributed by atoms with van der Waals surface area (Å²) >= 11 is 0. The maximum Gasteiger partial charge on any atom is 0.119 e. The van der Waals surface area contributed by atoms with Crippen molar-refractivity contribution in [3.63, 3.8) is 0 Å². The van der Waals surface area contributed by atoms with E-state index < -0.39 is 0 Å². The smallest absolute Gasteiger partial charge is 0.119 e. The predicted octanol–water partition coefficient (Wildman–Crippen LogP) is 3.12. The minimum Gasteiger partial charge on any atom is -0.494 e. The summed E-state index contributed by atoms with van der Waals surface area (Å²) in [5.41, 5.74) is 5.73. The molecule has 2 heteroatoms. The van der Waals surface area contributed by atoms with E-state index in [-0.39, 0.29) is 6.04 Å². The second-order valence-electron chi connectivity index (χ2n) is 4.05. The zero-order chi connectivity index (χ0) is 12.1. The van der Waals surface area contributed by atoms with Gasteiger partial charge in [0.1, 0.15) is 5.75 Å². The highest BCUT2D eigenvalue weighted by atomic mass is 16.5. The first-order valence-corrected chi connectivity index (χ1v) is 5.79. The van der Waals surface area contributed by atoms with Crippen LogP contribution in [0.2, 0.25) is 0 Å². The van der Waals surface area contributed by atoms with E-state index in [2.05, 4.69) is 30.8 Å². The molecule has 0 spiro atoms. The van der Waals surface area contributed by atoms with E-state index in [1.54, 1.807) is 6.08 Å². The summed E-state index contributed by atoms with van der Waals surface area (Å²) < 4.78 is 5.66. The van der Waals surface area contributed by atoms with Gasteiger partial charge in [-0.1, -0.05) is 36.4 Å². The minimum absolute atomic E-state index is 0.00968. The van der Waals surface area contributed by atoms with Crippen LogP contribution in [0.25, 0.3) is 10.8 Å². The Morgan fingerprint density at radius 1 is 1.18 bits per heavy atom. The Hall–Kier alpha value is -1.80. The normalized spacial score (nSPS) is 12.3. The van der Waals surface area contributed by atoms with Crippen molar-refractivity contribution in [2.24, 2.45) is 5.73 Å². The molecule has 0 fully saturated rings. The van der Waals surface area contributed by atoms with Gasteiger partial charge in [-0.25, -0.2) is 0 Å². The average Bonchev–Trinajstić information content (AvgIpc) is 2.38. The second kappa shape index (κ2) is 5.51. The van der Waals surface area contributed by atoms with Gasteiger partial charge in [0.25, 0.3) is 0 Å². The van der Waals surface area contributed by atoms with Gasteiger partial charge < -0.3 is 10.5 Å². The quantitative estimate of drug-likeness (QED) is 0.796. The van der Waals surface area contributed by atoms with Crippen LogP contribution in [0.1, 0.15) is 6.42 Å². The van der Waals surface area contributed by atoms with E-state index in [9.17, 15) is 0 Å². The highest BCUT2D eigenvalue weighted by Crippen LogP contribution is 2.20. The molecule has 0 aliphatic carbocycles. The van der Waals surface area contributed by atoms with Crippen molar-refractivity contribution >= 4 is 10.8 Å². The standard InChI is InChI=1S/C15H17NO/c1-2-14(16)9-10-17-15-8-7-12-5-3-4-6-13(12)11-15/h2-8,11,14H,1,9-10,16H2. The summed E-state index contributed by atoms with van der Waals surface area (Å²) in [6.07, 6.45) is 2.53. The topological polar surface area (TPSA) is 35.2 Å². The van der Waals surface area contributed by atoms with Crippen LogP contribution in [-0.4, -0.2) is 12.6 Å². The van der Waals surface area contributed by atoms with E-state index in [0.717, 1.165) is 12.2 Å². The molecular formula is C15H17NO. The van der Waals surface area contributed by atoms with Gasteiger partial charge in [0.05, 0.1) is 6.61 Å². The molecule has 0 saturated carbocycles. The monoisotopic (exact) mass is 227 g/mol. The number of benzene rings is 2. The molecule has 0 radical (unpaired) electrons. The minimum atomic E-state index is 0.00968. The van der Waals surface area contributed by atoms with Crippen LogP contribution in [0.4, 0.5) is 0 Å². The van der Waals surface area contributed by atoms with E-state index in [4.69, 9.17) is 10.5 Å². The molecule has 0 aromatic heterocycles. The maximum atomic E-state index is 5.73. The van der Waals surface area contributed by atoms with Crippen LogP contribution >= 0.6 is 0 Å². The molecule has 17 heavy (non-hydrogen) atoms. The second-order valence-corrected chi connectivity index (χ2v) is 4.05. The number of fused-ring (bicyclic) bond motifs is 1. The van der Waals surface area contributed by atoms with Crippen LogP contribution in [0.3, 0.4) is 0 Å². The van der Waals surface area contributed by atoms with E-state index in [1.807, 2.05) is 18.2 Å². The summed E-state index contributed by atoms with van der Waals surface area (Å²) in [7, 11) is 0. The lowest BCUT2D eigenvalue weighted by atomic mass is 10.1. The highest BCUT2D eigenvalue weighted by molar-refractivity contribution is 5.83. The number of rotatable bonds is 5. The fraction of sp³-hybridized carbons (Fsp3) is 0.200. The molecular weight excluding hydrogens is 210 g/mol. The van der Waals surface area contributed by atoms with Crippen LogP contribution < -0.4 is 10.5 Å². The Kier molecular flexibility index (Phi) is 3.78. The first-order chi connectivity index (χ1) is 8.29.